The Morgan fingerprint density at radius 2 is 1.92 bits per heavy atom. The molecule has 0 N–H and O–H groups in total. The average Bonchev–Trinajstić information content (AvgIpc) is 2.95. The van der Waals surface area contributed by atoms with Gasteiger partial charge in [-0.1, -0.05) is 39.8 Å². The molecule has 0 bridgehead atoms. The predicted octanol–water partition coefficient (Wildman–Crippen LogP) is 4.36. The maximum Gasteiger partial charge on any atom is 0.309 e. The Morgan fingerprint density at radius 1 is 1.27 bits per heavy atom. The lowest BCUT2D eigenvalue weighted by Gasteiger charge is -2.38. The maximum absolute atomic E-state index is 12.9. The molecular weight excluding hydrogens is 344 g/mol. The van der Waals surface area contributed by atoms with Gasteiger partial charge in [-0.15, -0.1) is 0 Å². The van der Waals surface area contributed by atoms with Crippen molar-refractivity contribution in [3.8, 4) is 0 Å². The van der Waals surface area contributed by atoms with Crippen LogP contribution in [0.3, 0.4) is 0 Å². The van der Waals surface area contributed by atoms with E-state index in [2.05, 4.69) is 40.4 Å². The van der Waals surface area contributed by atoms with Crippen molar-refractivity contribution in [2.75, 3.05) is 6.61 Å². The van der Waals surface area contributed by atoms with Crippen molar-refractivity contribution in [3.63, 3.8) is 0 Å². The zero-order valence-corrected chi connectivity index (χ0v) is 18.1. The Labute approximate surface area is 158 Å². The van der Waals surface area contributed by atoms with Crippen molar-refractivity contribution in [1.82, 2.24) is 0 Å². The molecule has 3 fully saturated rings. The number of esters is 1. The molecule has 0 aromatic heterocycles. The number of ketones is 1. The molecule has 0 aromatic carbocycles. The van der Waals surface area contributed by atoms with Crippen molar-refractivity contribution in [3.05, 3.63) is 12.2 Å². The lowest BCUT2D eigenvalue weighted by Crippen LogP contribution is -2.44. The highest BCUT2D eigenvalue weighted by Gasteiger charge is 2.56. The summed E-state index contributed by atoms with van der Waals surface area (Å²) < 4.78 is 12.2. The average molecular weight is 379 g/mol. The van der Waals surface area contributed by atoms with E-state index in [0.717, 1.165) is 18.4 Å². The molecule has 0 aromatic rings. The van der Waals surface area contributed by atoms with Crippen LogP contribution in [0.15, 0.2) is 12.2 Å². The molecule has 1 aliphatic heterocycles. The van der Waals surface area contributed by atoms with Crippen LogP contribution in [0, 0.1) is 29.6 Å². The summed E-state index contributed by atoms with van der Waals surface area (Å²) in [5.74, 6) is 0.296. The molecule has 6 atom stereocenters. The molecule has 2 aliphatic carbocycles. The first-order valence-electron chi connectivity index (χ1n) is 9.99. The zero-order chi connectivity index (χ0) is 19.4. The highest BCUT2D eigenvalue weighted by molar-refractivity contribution is 6.74. The fourth-order valence-electron chi connectivity index (χ4n) is 4.70. The molecule has 4 nitrogen and oxygen atoms in total. The summed E-state index contributed by atoms with van der Waals surface area (Å²) in [7, 11) is -1.93. The topological polar surface area (TPSA) is 52.6 Å². The number of ether oxygens (including phenoxy) is 1. The Kier molecular flexibility index (Phi) is 5.02. The summed E-state index contributed by atoms with van der Waals surface area (Å²) >= 11 is 0. The number of carbonyl (C=O) groups excluding carboxylic acids is 2. The van der Waals surface area contributed by atoms with Crippen LogP contribution in [0.1, 0.15) is 47.0 Å². The quantitative estimate of drug-likeness (QED) is 0.416. The van der Waals surface area contributed by atoms with Gasteiger partial charge in [-0.2, -0.15) is 0 Å². The van der Waals surface area contributed by atoms with E-state index in [4.69, 9.17) is 9.16 Å². The van der Waals surface area contributed by atoms with Gasteiger partial charge in [0.05, 0.1) is 5.92 Å². The summed E-state index contributed by atoms with van der Waals surface area (Å²) in [5.41, 5.74) is 1.16. The standard InChI is InChI=1S/C21H34O4Si/c1-12-8-9-14-13(2)20(23)25-19(14)18-15(12)10-17(22)16(18)11-24-26(6,7)21(3,4)5/h13-16,18-19H,1,8-11H2,2-7H3/t13-,14-,15-,16+,18+,19-/m0/s1. The molecule has 0 amide bonds. The van der Waals surface area contributed by atoms with E-state index < -0.39 is 8.32 Å². The van der Waals surface area contributed by atoms with Crippen molar-refractivity contribution in [2.45, 2.75) is 71.2 Å². The Balaban J connectivity index is 1.85. The van der Waals surface area contributed by atoms with Gasteiger partial charge in [0, 0.05) is 30.8 Å². The van der Waals surface area contributed by atoms with Crippen LogP contribution in [0.5, 0.6) is 0 Å². The molecule has 5 heteroatoms. The number of allylic oxidation sites excluding steroid dienone is 1. The van der Waals surface area contributed by atoms with Gasteiger partial charge in [0.2, 0.25) is 0 Å². The third-order valence-electron chi connectivity index (χ3n) is 7.58. The molecule has 0 unspecified atom stereocenters. The number of hydrogen-bond donors (Lipinski definition) is 0. The number of Topliss-reactive ketones (excluding diaryl/α,β-unsaturated/α-hetero) is 1. The van der Waals surface area contributed by atoms with E-state index in [-0.39, 0.29) is 52.5 Å². The minimum atomic E-state index is -1.93. The largest absolute Gasteiger partial charge is 0.461 e. The molecule has 146 valence electrons. The highest BCUT2D eigenvalue weighted by Crippen LogP contribution is 2.52. The maximum atomic E-state index is 12.9. The van der Waals surface area contributed by atoms with Gasteiger partial charge in [-0.3, -0.25) is 9.59 Å². The van der Waals surface area contributed by atoms with Gasteiger partial charge in [-0.05, 0) is 36.9 Å². The Bertz CT molecular complexity index is 618. The Morgan fingerprint density at radius 3 is 2.54 bits per heavy atom. The first-order chi connectivity index (χ1) is 11.9. The van der Waals surface area contributed by atoms with Crippen molar-refractivity contribution >= 4 is 20.1 Å². The lowest BCUT2D eigenvalue weighted by atomic mass is 9.78. The summed E-state index contributed by atoms with van der Waals surface area (Å²) in [6, 6.07) is 0. The van der Waals surface area contributed by atoms with E-state index in [9.17, 15) is 9.59 Å². The van der Waals surface area contributed by atoms with E-state index in [1.54, 1.807) is 0 Å². The van der Waals surface area contributed by atoms with Crippen molar-refractivity contribution in [2.24, 2.45) is 29.6 Å². The molecule has 2 saturated carbocycles. The Hall–Kier alpha value is -0.943. The third-order valence-corrected chi connectivity index (χ3v) is 12.1. The third kappa shape index (κ3) is 3.22. The van der Waals surface area contributed by atoms with Crippen molar-refractivity contribution < 1.29 is 18.8 Å². The smallest absolute Gasteiger partial charge is 0.309 e. The fraction of sp³-hybridized carbons (Fsp3) is 0.810. The van der Waals surface area contributed by atoms with Crippen LogP contribution in [0.25, 0.3) is 0 Å². The van der Waals surface area contributed by atoms with E-state index >= 15 is 0 Å². The number of hydrogen-bond acceptors (Lipinski definition) is 4. The zero-order valence-electron chi connectivity index (χ0n) is 17.1. The van der Waals surface area contributed by atoms with Gasteiger partial charge >= 0.3 is 5.97 Å². The molecule has 1 saturated heterocycles. The van der Waals surface area contributed by atoms with Gasteiger partial charge in [0.25, 0.3) is 0 Å². The second-order valence-corrected chi connectivity index (χ2v) is 14.9. The molecule has 26 heavy (non-hydrogen) atoms. The molecule has 3 aliphatic rings. The summed E-state index contributed by atoms with van der Waals surface area (Å²) in [6.45, 7) is 17.8. The van der Waals surface area contributed by atoms with Crippen LogP contribution < -0.4 is 0 Å². The van der Waals surface area contributed by atoms with E-state index in [1.807, 2.05) is 6.92 Å². The van der Waals surface area contributed by atoms with Crippen LogP contribution in [-0.2, 0) is 18.8 Å². The normalized spacial score (nSPS) is 38.0. The predicted molar refractivity (Wildman–Crippen MR) is 104 cm³/mol. The molecular formula is C21H34O4Si. The molecule has 1 heterocycles. The van der Waals surface area contributed by atoms with Crippen LogP contribution >= 0.6 is 0 Å². The second kappa shape index (κ2) is 6.59. The van der Waals surface area contributed by atoms with E-state index in [0.29, 0.717) is 13.0 Å². The summed E-state index contributed by atoms with van der Waals surface area (Å²) in [4.78, 5) is 25.1. The number of fused-ring (bicyclic) bond motifs is 3. The van der Waals surface area contributed by atoms with Crippen molar-refractivity contribution in [1.29, 1.82) is 0 Å². The SMILES string of the molecule is C=C1CC[C@@H]2[C@H](OC(=O)[C@H]2C)[C@H]2[C@H](CO[Si](C)(C)C(C)(C)C)C(=O)C[C@@H]12. The first kappa shape index (κ1) is 19.8. The molecule has 0 radical (unpaired) electrons. The van der Waals surface area contributed by atoms with Gasteiger partial charge in [0.1, 0.15) is 11.9 Å². The monoisotopic (exact) mass is 378 g/mol. The molecule has 3 rings (SSSR count). The summed E-state index contributed by atoms with van der Waals surface area (Å²) in [6.07, 6.45) is 2.21. The first-order valence-corrected chi connectivity index (χ1v) is 12.9. The van der Waals surface area contributed by atoms with Crippen LogP contribution in [-0.4, -0.2) is 32.8 Å². The van der Waals surface area contributed by atoms with Gasteiger partial charge < -0.3 is 9.16 Å². The summed E-state index contributed by atoms with van der Waals surface area (Å²) in [5, 5.41) is 0.109. The van der Waals surface area contributed by atoms with Crippen LogP contribution in [0.2, 0.25) is 18.1 Å². The van der Waals surface area contributed by atoms with Gasteiger partial charge in [0.15, 0.2) is 8.32 Å². The minimum Gasteiger partial charge on any atom is -0.461 e. The minimum absolute atomic E-state index is 0.0427. The highest BCUT2D eigenvalue weighted by atomic mass is 28.4. The number of rotatable bonds is 3. The fourth-order valence-corrected chi connectivity index (χ4v) is 5.73. The lowest BCUT2D eigenvalue weighted by molar-refractivity contribution is -0.147. The van der Waals surface area contributed by atoms with E-state index in [1.165, 1.54) is 0 Å². The van der Waals surface area contributed by atoms with Gasteiger partial charge in [-0.25, -0.2) is 0 Å². The van der Waals surface area contributed by atoms with Crippen LogP contribution in [0.4, 0.5) is 0 Å². The number of carbonyl (C=O) groups is 2. The molecule has 0 spiro atoms. The second-order valence-electron chi connectivity index (χ2n) is 10.1.